The summed E-state index contributed by atoms with van der Waals surface area (Å²) in [5.41, 5.74) is -1.39. The summed E-state index contributed by atoms with van der Waals surface area (Å²) in [5, 5.41) is 14.6. The second kappa shape index (κ2) is 6.55. The molecular weight excluding hydrogens is 242 g/mol. The van der Waals surface area contributed by atoms with E-state index in [9.17, 15) is 14.9 Å². The fraction of sp³-hybridized carbons (Fsp3) is 0.786. The van der Waals surface area contributed by atoms with Crippen molar-refractivity contribution < 1.29 is 9.59 Å². The molecule has 0 aliphatic rings. The third-order valence-corrected chi connectivity index (χ3v) is 3.09. The Hall–Kier alpha value is -1.57. The van der Waals surface area contributed by atoms with Gasteiger partial charge in [-0.25, -0.2) is 0 Å². The van der Waals surface area contributed by atoms with Crippen molar-refractivity contribution in [3.8, 4) is 6.07 Å². The van der Waals surface area contributed by atoms with Crippen molar-refractivity contribution in [1.82, 2.24) is 10.6 Å². The molecule has 0 bridgehead atoms. The predicted molar refractivity (Wildman–Crippen MR) is 74.1 cm³/mol. The average Bonchev–Trinajstić information content (AvgIpc) is 2.29. The number of nitrogens with zero attached hydrogens (tertiary/aromatic N) is 1. The van der Waals surface area contributed by atoms with Gasteiger partial charge in [-0.05, 0) is 40.5 Å². The standard InChI is InChI=1S/C14H25N3O2/c1-7-14(8-2,9-15)12(19)16-10(3)11(18)17-13(4,5)6/h10H,7-8H2,1-6H3,(H,16,19)(H,17,18). The molecule has 0 aromatic carbocycles. The van der Waals surface area contributed by atoms with Crippen LogP contribution in [0.3, 0.4) is 0 Å². The Kier molecular flexibility index (Phi) is 6.01. The molecule has 19 heavy (non-hydrogen) atoms. The quantitative estimate of drug-likeness (QED) is 0.796. The molecule has 0 fully saturated rings. The summed E-state index contributed by atoms with van der Waals surface area (Å²) in [6.45, 7) is 10.8. The minimum absolute atomic E-state index is 0.250. The highest BCUT2D eigenvalue weighted by Crippen LogP contribution is 2.25. The molecule has 0 saturated heterocycles. The van der Waals surface area contributed by atoms with Gasteiger partial charge in [-0.3, -0.25) is 9.59 Å². The van der Waals surface area contributed by atoms with E-state index >= 15 is 0 Å². The van der Waals surface area contributed by atoms with Crippen LogP contribution in [-0.4, -0.2) is 23.4 Å². The van der Waals surface area contributed by atoms with Crippen molar-refractivity contribution in [2.24, 2.45) is 5.41 Å². The Labute approximate surface area is 115 Å². The summed E-state index contributed by atoms with van der Waals surface area (Å²) in [4.78, 5) is 24.0. The van der Waals surface area contributed by atoms with Crippen molar-refractivity contribution in [3.63, 3.8) is 0 Å². The molecule has 0 radical (unpaired) electrons. The Morgan fingerprint density at radius 3 is 2.00 bits per heavy atom. The van der Waals surface area contributed by atoms with Crippen molar-refractivity contribution in [1.29, 1.82) is 5.26 Å². The van der Waals surface area contributed by atoms with E-state index < -0.39 is 11.5 Å². The zero-order chi connectivity index (χ0) is 15.3. The first-order chi connectivity index (χ1) is 8.61. The molecule has 1 atom stereocenters. The summed E-state index contributed by atoms with van der Waals surface area (Å²) in [7, 11) is 0. The molecule has 0 aliphatic heterocycles. The SMILES string of the molecule is CCC(C#N)(CC)C(=O)NC(C)C(=O)NC(C)(C)C. The number of hydrogen-bond acceptors (Lipinski definition) is 3. The predicted octanol–water partition coefficient (Wildman–Crippen LogP) is 1.74. The summed E-state index contributed by atoms with van der Waals surface area (Å²) in [6, 6.07) is 1.41. The maximum absolute atomic E-state index is 12.1. The molecule has 0 saturated carbocycles. The number of nitrogens with one attached hydrogen (secondary N) is 2. The van der Waals surface area contributed by atoms with Gasteiger partial charge in [-0.2, -0.15) is 5.26 Å². The zero-order valence-electron chi connectivity index (χ0n) is 12.8. The van der Waals surface area contributed by atoms with Gasteiger partial charge in [0, 0.05) is 5.54 Å². The maximum atomic E-state index is 12.1. The zero-order valence-corrected chi connectivity index (χ0v) is 12.8. The molecule has 0 spiro atoms. The normalized spacial score (nSPS) is 13.3. The molecule has 0 heterocycles. The van der Waals surface area contributed by atoms with Gasteiger partial charge < -0.3 is 10.6 Å². The number of amides is 2. The van der Waals surface area contributed by atoms with Crippen LogP contribution < -0.4 is 10.6 Å². The number of nitriles is 1. The highest BCUT2D eigenvalue weighted by molar-refractivity contribution is 5.91. The van der Waals surface area contributed by atoms with Crippen LogP contribution in [-0.2, 0) is 9.59 Å². The Bertz CT molecular complexity index is 373. The first kappa shape index (κ1) is 17.4. The van der Waals surface area contributed by atoms with Gasteiger partial charge in [-0.1, -0.05) is 13.8 Å². The van der Waals surface area contributed by atoms with Crippen LogP contribution in [0.1, 0.15) is 54.4 Å². The second-order valence-corrected chi connectivity index (χ2v) is 5.84. The van der Waals surface area contributed by atoms with Crippen LogP contribution in [0.25, 0.3) is 0 Å². The van der Waals surface area contributed by atoms with Gasteiger partial charge in [0.2, 0.25) is 11.8 Å². The van der Waals surface area contributed by atoms with Crippen molar-refractivity contribution in [2.45, 2.75) is 66.0 Å². The first-order valence-electron chi connectivity index (χ1n) is 6.66. The average molecular weight is 267 g/mol. The molecule has 2 amide bonds. The summed E-state index contributed by atoms with van der Waals surface area (Å²) < 4.78 is 0. The second-order valence-electron chi connectivity index (χ2n) is 5.84. The van der Waals surface area contributed by atoms with E-state index in [4.69, 9.17) is 0 Å². The lowest BCUT2D eigenvalue weighted by molar-refractivity contribution is -0.133. The maximum Gasteiger partial charge on any atom is 0.242 e. The third kappa shape index (κ3) is 4.90. The van der Waals surface area contributed by atoms with E-state index in [0.29, 0.717) is 12.8 Å². The fourth-order valence-electron chi connectivity index (χ4n) is 1.66. The van der Waals surface area contributed by atoms with E-state index in [1.807, 2.05) is 20.8 Å². The van der Waals surface area contributed by atoms with E-state index in [1.165, 1.54) is 0 Å². The van der Waals surface area contributed by atoms with Gasteiger partial charge in [0.25, 0.3) is 0 Å². The lowest BCUT2D eigenvalue weighted by Gasteiger charge is -2.27. The van der Waals surface area contributed by atoms with E-state index in [2.05, 4.69) is 16.7 Å². The molecule has 108 valence electrons. The molecule has 0 rings (SSSR count). The van der Waals surface area contributed by atoms with Crippen molar-refractivity contribution >= 4 is 11.8 Å². The number of carbonyl (C=O) groups excluding carboxylic acids is 2. The van der Waals surface area contributed by atoms with Gasteiger partial charge in [0.05, 0.1) is 6.07 Å². The van der Waals surface area contributed by atoms with E-state index in [-0.39, 0.29) is 17.4 Å². The topological polar surface area (TPSA) is 82.0 Å². The van der Waals surface area contributed by atoms with Gasteiger partial charge in [-0.15, -0.1) is 0 Å². The Morgan fingerprint density at radius 2 is 1.68 bits per heavy atom. The fourth-order valence-corrected chi connectivity index (χ4v) is 1.66. The lowest BCUT2D eigenvalue weighted by atomic mass is 9.83. The van der Waals surface area contributed by atoms with Gasteiger partial charge in [0.15, 0.2) is 0 Å². The van der Waals surface area contributed by atoms with Crippen LogP contribution in [0.2, 0.25) is 0 Å². The minimum atomic E-state index is -1.05. The van der Waals surface area contributed by atoms with E-state index in [1.54, 1.807) is 20.8 Å². The highest BCUT2D eigenvalue weighted by Gasteiger charge is 2.36. The number of hydrogen-bond donors (Lipinski definition) is 2. The van der Waals surface area contributed by atoms with Crippen LogP contribution in [0.4, 0.5) is 0 Å². The summed E-state index contributed by atoms with van der Waals surface area (Å²) >= 11 is 0. The highest BCUT2D eigenvalue weighted by atomic mass is 16.2. The van der Waals surface area contributed by atoms with Crippen LogP contribution in [0.5, 0.6) is 0 Å². The van der Waals surface area contributed by atoms with Gasteiger partial charge in [0.1, 0.15) is 11.5 Å². The summed E-state index contributed by atoms with van der Waals surface area (Å²) in [5.74, 6) is -0.628. The number of carbonyl (C=O) groups is 2. The van der Waals surface area contributed by atoms with Crippen LogP contribution in [0, 0.1) is 16.7 Å². The molecule has 0 aromatic rings. The molecule has 2 N–H and O–H groups in total. The molecule has 0 aromatic heterocycles. The summed E-state index contributed by atoms with van der Waals surface area (Å²) in [6.07, 6.45) is 0.860. The lowest BCUT2D eigenvalue weighted by Crippen LogP contribution is -2.53. The monoisotopic (exact) mass is 267 g/mol. The van der Waals surface area contributed by atoms with E-state index in [0.717, 1.165) is 0 Å². The smallest absolute Gasteiger partial charge is 0.242 e. The first-order valence-corrected chi connectivity index (χ1v) is 6.66. The molecular formula is C14H25N3O2. The number of rotatable bonds is 5. The molecule has 5 nitrogen and oxygen atoms in total. The van der Waals surface area contributed by atoms with Crippen LogP contribution >= 0.6 is 0 Å². The van der Waals surface area contributed by atoms with Gasteiger partial charge >= 0.3 is 0 Å². The largest absolute Gasteiger partial charge is 0.350 e. The third-order valence-electron chi connectivity index (χ3n) is 3.09. The van der Waals surface area contributed by atoms with Crippen molar-refractivity contribution in [3.05, 3.63) is 0 Å². The van der Waals surface area contributed by atoms with Crippen LogP contribution in [0.15, 0.2) is 0 Å². The van der Waals surface area contributed by atoms with Crippen molar-refractivity contribution in [2.75, 3.05) is 0 Å². The molecule has 0 aliphatic carbocycles. The minimum Gasteiger partial charge on any atom is -0.350 e. The Morgan fingerprint density at radius 1 is 1.21 bits per heavy atom. The molecule has 5 heteroatoms. The molecule has 1 unspecified atom stereocenters. The Balaban J connectivity index is 4.74.